The summed E-state index contributed by atoms with van der Waals surface area (Å²) >= 11 is 7.76. The predicted molar refractivity (Wildman–Crippen MR) is 100 cm³/mol. The van der Waals surface area contributed by atoms with Gasteiger partial charge in [0.05, 0.1) is 30.9 Å². The molecule has 1 N–H and O–H groups in total. The monoisotopic (exact) mass is 379 g/mol. The fraction of sp³-hybridized carbons (Fsp3) is 0.353. The fourth-order valence-corrected chi connectivity index (χ4v) is 4.13. The minimum atomic E-state index is -0.854. The number of thioether (sulfide) groups is 1. The average Bonchev–Trinajstić information content (AvgIpc) is 2.63. The minimum Gasteiger partial charge on any atom is -0.465 e. The van der Waals surface area contributed by atoms with Crippen LogP contribution in [0.15, 0.2) is 47.8 Å². The SMILES string of the molecule is O=C(O)N1CC[N+](CCSc2ccncc2)(c2ccc(Cl)cn2)CC1. The van der Waals surface area contributed by atoms with Gasteiger partial charge in [-0.1, -0.05) is 11.6 Å². The maximum absolute atomic E-state index is 11.2. The lowest BCUT2D eigenvalue weighted by atomic mass is 10.2. The minimum absolute atomic E-state index is 0.513. The number of quaternary nitrogens is 1. The number of nitrogens with zero attached hydrogens (tertiary/aromatic N) is 4. The van der Waals surface area contributed by atoms with E-state index in [0.717, 1.165) is 31.2 Å². The zero-order valence-electron chi connectivity index (χ0n) is 13.7. The fourth-order valence-electron chi connectivity index (χ4n) is 3.03. The normalized spacial score (nSPS) is 16.6. The smallest absolute Gasteiger partial charge is 0.407 e. The number of hydrogen-bond acceptors (Lipinski definition) is 4. The molecule has 0 aliphatic carbocycles. The number of carbonyl (C=O) groups is 1. The number of pyridine rings is 2. The zero-order valence-corrected chi connectivity index (χ0v) is 15.3. The maximum Gasteiger partial charge on any atom is 0.407 e. The van der Waals surface area contributed by atoms with Crippen molar-refractivity contribution in [3.63, 3.8) is 0 Å². The molecule has 6 nitrogen and oxygen atoms in total. The van der Waals surface area contributed by atoms with Gasteiger partial charge in [-0.05, 0) is 18.2 Å². The molecule has 0 spiro atoms. The Morgan fingerprint density at radius 2 is 1.96 bits per heavy atom. The molecular formula is C17H20ClN4O2S+. The van der Waals surface area contributed by atoms with Crippen LogP contribution in [0.5, 0.6) is 0 Å². The number of amides is 1. The lowest BCUT2D eigenvalue weighted by Gasteiger charge is -2.42. The highest BCUT2D eigenvalue weighted by Gasteiger charge is 2.37. The molecule has 2 aromatic rings. The van der Waals surface area contributed by atoms with Crippen LogP contribution in [0.3, 0.4) is 0 Å². The van der Waals surface area contributed by atoms with E-state index in [9.17, 15) is 9.90 Å². The Labute approximate surface area is 156 Å². The average molecular weight is 380 g/mol. The molecule has 0 bridgehead atoms. The number of rotatable bonds is 5. The molecule has 1 fully saturated rings. The number of carboxylic acid groups (broad SMARTS) is 1. The molecule has 132 valence electrons. The molecule has 1 aliphatic heterocycles. The van der Waals surface area contributed by atoms with Gasteiger partial charge in [-0.3, -0.25) is 14.4 Å². The molecule has 0 radical (unpaired) electrons. The molecule has 1 amide bonds. The van der Waals surface area contributed by atoms with Crippen LogP contribution in [0.4, 0.5) is 10.6 Å². The van der Waals surface area contributed by atoms with Gasteiger partial charge in [-0.25, -0.2) is 9.78 Å². The van der Waals surface area contributed by atoms with E-state index in [2.05, 4.69) is 9.97 Å². The molecule has 1 aliphatic rings. The lowest BCUT2D eigenvalue weighted by molar-refractivity contribution is 0.108. The van der Waals surface area contributed by atoms with Crippen LogP contribution < -0.4 is 4.48 Å². The van der Waals surface area contributed by atoms with Gasteiger partial charge in [0.2, 0.25) is 5.82 Å². The lowest BCUT2D eigenvalue weighted by Crippen LogP contribution is -2.62. The molecule has 0 unspecified atom stereocenters. The van der Waals surface area contributed by atoms with Gasteiger partial charge in [0.25, 0.3) is 0 Å². The van der Waals surface area contributed by atoms with E-state index in [1.54, 1.807) is 30.4 Å². The summed E-state index contributed by atoms with van der Waals surface area (Å²) in [7, 11) is 0. The Balaban J connectivity index is 1.73. The Morgan fingerprint density at radius 3 is 2.56 bits per heavy atom. The van der Waals surface area contributed by atoms with Crippen molar-refractivity contribution in [1.82, 2.24) is 19.4 Å². The van der Waals surface area contributed by atoms with Crippen molar-refractivity contribution in [2.45, 2.75) is 4.90 Å². The Hall–Kier alpha value is -1.83. The summed E-state index contributed by atoms with van der Waals surface area (Å²) in [6.07, 6.45) is 4.39. The topological polar surface area (TPSA) is 66.3 Å². The Bertz CT molecular complexity index is 706. The van der Waals surface area contributed by atoms with Crippen molar-refractivity contribution in [2.24, 2.45) is 0 Å². The molecule has 0 saturated carbocycles. The highest BCUT2D eigenvalue weighted by atomic mass is 35.5. The molecule has 3 rings (SSSR count). The van der Waals surface area contributed by atoms with Gasteiger partial charge in [0.1, 0.15) is 13.1 Å². The molecule has 0 atom stereocenters. The van der Waals surface area contributed by atoms with E-state index in [-0.39, 0.29) is 0 Å². The number of piperazine rings is 1. The quantitative estimate of drug-likeness (QED) is 0.638. The summed E-state index contributed by atoms with van der Waals surface area (Å²) < 4.78 is 0.680. The van der Waals surface area contributed by atoms with Crippen LogP contribution in [0, 0.1) is 0 Å². The highest BCUT2D eigenvalue weighted by molar-refractivity contribution is 7.99. The number of hydrogen-bond donors (Lipinski definition) is 1. The second-order valence-electron chi connectivity index (χ2n) is 5.95. The third-order valence-corrected chi connectivity index (χ3v) is 5.72. The van der Waals surface area contributed by atoms with Crippen LogP contribution in [0.2, 0.25) is 5.02 Å². The number of aromatic nitrogens is 2. The summed E-state index contributed by atoms with van der Waals surface area (Å²) in [5, 5.41) is 9.82. The van der Waals surface area contributed by atoms with E-state index in [1.165, 1.54) is 9.80 Å². The summed E-state index contributed by atoms with van der Waals surface area (Å²) in [6.45, 7) is 3.35. The molecule has 1 saturated heterocycles. The molecule has 8 heteroatoms. The number of halogens is 1. The van der Waals surface area contributed by atoms with Crippen LogP contribution in [0.1, 0.15) is 0 Å². The van der Waals surface area contributed by atoms with Crippen LogP contribution >= 0.6 is 23.4 Å². The van der Waals surface area contributed by atoms with Crippen molar-refractivity contribution in [3.05, 3.63) is 47.9 Å². The van der Waals surface area contributed by atoms with Crippen LogP contribution in [-0.4, -0.2) is 64.5 Å². The zero-order chi connectivity index (χ0) is 17.7. The van der Waals surface area contributed by atoms with Crippen LogP contribution in [0.25, 0.3) is 0 Å². The summed E-state index contributed by atoms with van der Waals surface area (Å²) in [4.78, 5) is 22.4. The summed E-state index contributed by atoms with van der Waals surface area (Å²) in [5.41, 5.74) is 0. The van der Waals surface area contributed by atoms with Gasteiger partial charge < -0.3 is 5.11 Å². The van der Waals surface area contributed by atoms with E-state index < -0.39 is 6.09 Å². The molecule has 2 aromatic heterocycles. The van der Waals surface area contributed by atoms with Crippen molar-refractivity contribution in [3.8, 4) is 0 Å². The standard InChI is InChI=1S/C17H19ClN4O2S/c18-14-1-2-16(20-13-14)22(9-7-21(8-10-22)17(23)24)11-12-25-15-3-5-19-6-4-15/h1-6,13H,7-12H2/p+1. The van der Waals surface area contributed by atoms with Crippen molar-refractivity contribution >= 4 is 35.3 Å². The maximum atomic E-state index is 11.2. The largest absolute Gasteiger partial charge is 0.465 e. The summed E-state index contributed by atoms with van der Waals surface area (Å²) in [6, 6.07) is 7.80. The van der Waals surface area contributed by atoms with Gasteiger partial charge in [0.15, 0.2) is 0 Å². The summed E-state index contributed by atoms with van der Waals surface area (Å²) in [5.74, 6) is 1.87. The first-order valence-electron chi connectivity index (χ1n) is 8.08. The van der Waals surface area contributed by atoms with E-state index >= 15 is 0 Å². The van der Waals surface area contributed by atoms with Crippen molar-refractivity contribution < 1.29 is 9.90 Å². The second-order valence-corrected chi connectivity index (χ2v) is 7.56. The van der Waals surface area contributed by atoms with Crippen LogP contribution in [-0.2, 0) is 0 Å². The molecular weight excluding hydrogens is 360 g/mol. The van der Waals surface area contributed by atoms with Crippen molar-refractivity contribution in [2.75, 3.05) is 38.5 Å². The van der Waals surface area contributed by atoms with Gasteiger partial charge in [0, 0.05) is 29.1 Å². The first kappa shape index (κ1) is 18.0. The van der Waals surface area contributed by atoms with Gasteiger partial charge >= 0.3 is 6.09 Å². The molecule has 0 aromatic carbocycles. The Morgan fingerprint density at radius 1 is 1.24 bits per heavy atom. The predicted octanol–water partition coefficient (Wildman–Crippen LogP) is 3.22. The molecule has 25 heavy (non-hydrogen) atoms. The third-order valence-electron chi connectivity index (χ3n) is 4.50. The Kier molecular flexibility index (Phi) is 5.78. The van der Waals surface area contributed by atoms with Gasteiger partial charge in [-0.2, -0.15) is 0 Å². The van der Waals surface area contributed by atoms with E-state index in [1.807, 2.05) is 24.3 Å². The molecule has 3 heterocycles. The third kappa shape index (κ3) is 4.42. The second kappa shape index (κ2) is 8.03. The highest BCUT2D eigenvalue weighted by Crippen LogP contribution is 2.27. The van der Waals surface area contributed by atoms with E-state index in [0.29, 0.717) is 22.6 Å². The first-order valence-corrected chi connectivity index (χ1v) is 9.44. The first-order chi connectivity index (χ1) is 12.1. The van der Waals surface area contributed by atoms with E-state index in [4.69, 9.17) is 11.6 Å². The van der Waals surface area contributed by atoms with Gasteiger partial charge in [-0.15, -0.1) is 11.8 Å². The van der Waals surface area contributed by atoms with Crippen molar-refractivity contribution in [1.29, 1.82) is 0 Å².